The first-order chi connectivity index (χ1) is 9.79. The number of nitrogens with one attached hydrogen (secondary N) is 1. The lowest BCUT2D eigenvalue weighted by Crippen LogP contribution is -2.30. The molecule has 0 bridgehead atoms. The largest absolute Gasteiger partial charge is 0.457 e. The van der Waals surface area contributed by atoms with Crippen molar-refractivity contribution in [3.05, 3.63) is 58.0 Å². The van der Waals surface area contributed by atoms with E-state index in [1.54, 1.807) is 6.26 Å². The van der Waals surface area contributed by atoms with E-state index in [2.05, 4.69) is 45.6 Å². The molecule has 1 aliphatic rings. The summed E-state index contributed by atoms with van der Waals surface area (Å²) in [5.41, 5.74) is 7.00. The molecule has 2 aromatic rings. The second-order valence-electron chi connectivity index (χ2n) is 5.39. The van der Waals surface area contributed by atoms with Gasteiger partial charge >= 0.3 is 0 Å². The average molecular weight is 335 g/mol. The van der Waals surface area contributed by atoms with E-state index in [-0.39, 0.29) is 6.04 Å². The molecule has 0 aliphatic heterocycles. The van der Waals surface area contributed by atoms with Gasteiger partial charge in [-0.25, -0.2) is 0 Å². The summed E-state index contributed by atoms with van der Waals surface area (Å²) < 4.78 is 6.10. The van der Waals surface area contributed by atoms with Crippen molar-refractivity contribution in [2.45, 2.75) is 37.6 Å². The van der Waals surface area contributed by atoms with Gasteiger partial charge in [-0.05, 0) is 64.7 Å². The van der Waals surface area contributed by atoms with Crippen LogP contribution >= 0.6 is 15.9 Å². The van der Waals surface area contributed by atoms with Crippen molar-refractivity contribution >= 4 is 15.9 Å². The zero-order chi connectivity index (χ0) is 13.9. The van der Waals surface area contributed by atoms with E-state index in [1.807, 2.05) is 6.07 Å². The molecule has 1 aromatic carbocycles. The highest BCUT2D eigenvalue weighted by Crippen LogP contribution is 2.38. The number of fused-ring (bicyclic) bond motifs is 1. The third-order valence-electron chi connectivity index (χ3n) is 4.24. The fourth-order valence-electron chi connectivity index (χ4n) is 3.22. The van der Waals surface area contributed by atoms with Crippen molar-refractivity contribution in [1.82, 2.24) is 5.43 Å². The van der Waals surface area contributed by atoms with Crippen molar-refractivity contribution in [3.63, 3.8) is 0 Å². The Morgan fingerprint density at radius 2 is 2.20 bits per heavy atom. The number of furan rings is 1. The molecule has 1 heterocycles. The molecule has 0 radical (unpaired) electrons. The van der Waals surface area contributed by atoms with Crippen molar-refractivity contribution in [3.8, 4) is 0 Å². The van der Waals surface area contributed by atoms with Crippen molar-refractivity contribution < 1.29 is 4.42 Å². The zero-order valence-corrected chi connectivity index (χ0v) is 12.9. The molecule has 3 rings (SSSR count). The lowest BCUT2D eigenvalue weighted by Gasteiger charge is -2.28. The number of hydrogen-bond donors (Lipinski definition) is 2. The summed E-state index contributed by atoms with van der Waals surface area (Å²) >= 11 is 3.44. The number of rotatable bonds is 4. The van der Waals surface area contributed by atoms with Gasteiger partial charge in [0.25, 0.3) is 0 Å². The zero-order valence-electron chi connectivity index (χ0n) is 11.3. The van der Waals surface area contributed by atoms with Gasteiger partial charge in [0, 0.05) is 5.56 Å². The number of benzene rings is 1. The maximum Gasteiger partial charge on any atom is 0.173 e. The topological polar surface area (TPSA) is 51.2 Å². The lowest BCUT2D eigenvalue weighted by atomic mass is 9.79. The van der Waals surface area contributed by atoms with Crippen LogP contribution in [0.4, 0.5) is 0 Å². The Kier molecular flexibility index (Phi) is 4.24. The maximum atomic E-state index is 5.76. The molecule has 0 saturated heterocycles. The van der Waals surface area contributed by atoms with E-state index < -0.39 is 0 Å². The van der Waals surface area contributed by atoms with E-state index in [9.17, 15) is 0 Å². The molecule has 0 fully saturated rings. The predicted octanol–water partition coefficient (Wildman–Crippen LogP) is 4.06. The Morgan fingerprint density at radius 1 is 1.35 bits per heavy atom. The standard InChI is InChI=1S/C16H19BrN2O/c17-16-14(8-9-20-16)15(19-18)10-12-6-3-5-11-4-1-2-7-13(11)12/h1-2,4,7-9,12,15,19H,3,5-6,10,18H2. The molecule has 3 nitrogen and oxygen atoms in total. The highest BCUT2D eigenvalue weighted by Gasteiger charge is 2.25. The molecule has 0 saturated carbocycles. The monoisotopic (exact) mass is 334 g/mol. The van der Waals surface area contributed by atoms with E-state index in [4.69, 9.17) is 10.3 Å². The first kappa shape index (κ1) is 13.9. The summed E-state index contributed by atoms with van der Waals surface area (Å²) in [6.45, 7) is 0. The van der Waals surface area contributed by atoms with E-state index in [1.165, 1.54) is 30.4 Å². The SMILES string of the molecule is NNC(CC1CCCc2ccccc21)c1ccoc1Br. The molecule has 2 atom stereocenters. The van der Waals surface area contributed by atoms with Crippen LogP contribution < -0.4 is 11.3 Å². The highest BCUT2D eigenvalue weighted by atomic mass is 79.9. The van der Waals surface area contributed by atoms with Crippen LogP contribution in [-0.4, -0.2) is 0 Å². The molecule has 2 unspecified atom stereocenters. The van der Waals surface area contributed by atoms with Gasteiger partial charge in [-0.3, -0.25) is 11.3 Å². The number of hydrazine groups is 1. The van der Waals surface area contributed by atoms with Gasteiger partial charge in [-0.1, -0.05) is 24.3 Å². The second-order valence-corrected chi connectivity index (χ2v) is 6.11. The quantitative estimate of drug-likeness (QED) is 0.654. The maximum absolute atomic E-state index is 5.76. The molecule has 4 heteroatoms. The molecule has 0 amide bonds. The van der Waals surface area contributed by atoms with Crippen LogP contribution in [0.2, 0.25) is 0 Å². The van der Waals surface area contributed by atoms with Crippen LogP contribution in [0.5, 0.6) is 0 Å². The lowest BCUT2D eigenvalue weighted by molar-refractivity contribution is 0.419. The fraction of sp³-hybridized carbons (Fsp3) is 0.375. The smallest absolute Gasteiger partial charge is 0.173 e. The summed E-state index contributed by atoms with van der Waals surface area (Å²) in [7, 11) is 0. The molecule has 106 valence electrons. The molecule has 20 heavy (non-hydrogen) atoms. The van der Waals surface area contributed by atoms with Crippen LogP contribution in [-0.2, 0) is 6.42 Å². The van der Waals surface area contributed by atoms with Gasteiger partial charge < -0.3 is 4.42 Å². The number of nitrogens with two attached hydrogens (primary N) is 1. The van der Waals surface area contributed by atoms with Crippen LogP contribution in [0, 0.1) is 0 Å². The van der Waals surface area contributed by atoms with E-state index >= 15 is 0 Å². The van der Waals surface area contributed by atoms with Crippen LogP contribution in [0.15, 0.2) is 45.7 Å². The summed E-state index contributed by atoms with van der Waals surface area (Å²) in [4.78, 5) is 0. The summed E-state index contributed by atoms with van der Waals surface area (Å²) in [6.07, 6.45) is 6.36. The number of hydrogen-bond acceptors (Lipinski definition) is 3. The summed E-state index contributed by atoms with van der Waals surface area (Å²) in [5.74, 6) is 6.32. The third-order valence-corrected chi connectivity index (χ3v) is 4.88. The van der Waals surface area contributed by atoms with Gasteiger partial charge in [0.1, 0.15) is 0 Å². The van der Waals surface area contributed by atoms with Gasteiger partial charge in [0.05, 0.1) is 12.3 Å². The Hall–Kier alpha value is -1.10. The van der Waals surface area contributed by atoms with E-state index in [0.29, 0.717) is 5.92 Å². The Morgan fingerprint density at radius 3 is 2.95 bits per heavy atom. The second kappa shape index (κ2) is 6.12. The minimum Gasteiger partial charge on any atom is -0.457 e. The molecular weight excluding hydrogens is 316 g/mol. The Bertz CT molecular complexity index is 581. The number of aryl methyl sites for hydroxylation is 1. The number of halogens is 1. The van der Waals surface area contributed by atoms with Crippen molar-refractivity contribution in [1.29, 1.82) is 0 Å². The normalized spacial score (nSPS) is 19.6. The molecule has 0 spiro atoms. The van der Waals surface area contributed by atoms with Crippen LogP contribution in [0.25, 0.3) is 0 Å². The van der Waals surface area contributed by atoms with E-state index in [0.717, 1.165) is 16.7 Å². The molecule has 3 N–H and O–H groups in total. The van der Waals surface area contributed by atoms with Crippen LogP contribution in [0.3, 0.4) is 0 Å². The first-order valence-corrected chi connectivity index (χ1v) is 7.85. The fourth-order valence-corrected chi connectivity index (χ4v) is 3.74. The Labute approximate surface area is 127 Å². The average Bonchev–Trinajstić information content (AvgIpc) is 2.91. The van der Waals surface area contributed by atoms with Gasteiger partial charge in [0.2, 0.25) is 0 Å². The van der Waals surface area contributed by atoms with Crippen molar-refractivity contribution in [2.24, 2.45) is 5.84 Å². The minimum atomic E-state index is 0.110. The Balaban J connectivity index is 1.82. The summed E-state index contributed by atoms with van der Waals surface area (Å²) in [5, 5.41) is 0. The molecular formula is C16H19BrN2O. The third kappa shape index (κ3) is 2.68. The van der Waals surface area contributed by atoms with Crippen molar-refractivity contribution in [2.75, 3.05) is 0 Å². The van der Waals surface area contributed by atoms with Gasteiger partial charge in [-0.15, -0.1) is 0 Å². The minimum absolute atomic E-state index is 0.110. The van der Waals surface area contributed by atoms with Gasteiger partial charge in [0.15, 0.2) is 4.67 Å². The van der Waals surface area contributed by atoms with Crippen LogP contribution in [0.1, 0.15) is 47.9 Å². The molecule has 1 aliphatic carbocycles. The highest BCUT2D eigenvalue weighted by molar-refractivity contribution is 9.10. The molecule has 1 aromatic heterocycles. The van der Waals surface area contributed by atoms with Gasteiger partial charge in [-0.2, -0.15) is 0 Å². The first-order valence-electron chi connectivity index (χ1n) is 7.06. The predicted molar refractivity (Wildman–Crippen MR) is 83.2 cm³/mol. The summed E-state index contributed by atoms with van der Waals surface area (Å²) in [6, 6.07) is 10.9.